The van der Waals surface area contributed by atoms with E-state index in [1.54, 1.807) is 6.20 Å². The quantitative estimate of drug-likeness (QED) is 0.772. The maximum Gasteiger partial charge on any atom is 0.224 e. The summed E-state index contributed by atoms with van der Waals surface area (Å²) in [6.45, 7) is 2.33. The van der Waals surface area contributed by atoms with Crippen LogP contribution in [0, 0.1) is 0 Å². The van der Waals surface area contributed by atoms with Crippen LogP contribution in [0.15, 0.2) is 48.8 Å². The lowest BCUT2D eigenvalue weighted by molar-refractivity contribution is 0.821. The Labute approximate surface area is 128 Å². The first kappa shape index (κ1) is 12.8. The van der Waals surface area contributed by atoms with E-state index >= 15 is 0 Å². The predicted molar refractivity (Wildman–Crippen MR) is 84.3 cm³/mol. The molecule has 2 N–H and O–H groups in total. The number of benzene rings is 1. The van der Waals surface area contributed by atoms with E-state index in [4.69, 9.17) is 0 Å². The van der Waals surface area contributed by atoms with Crippen molar-refractivity contribution in [1.82, 2.24) is 20.2 Å². The fraction of sp³-hybridized carbons (Fsp3) is 0.188. The Morgan fingerprint density at radius 3 is 2.91 bits per heavy atom. The van der Waals surface area contributed by atoms with Gasteiger partial charge in [-0.25, -0.2) is 4.98 Å². The van der Waals surface area contributed by atoms with Crippen LogP contribution in [0.5, 0.6) is 0 Å². The summed E-state index contributed by atoms with van der Waals surface area (Å²) in [5, 5.41) is 10.4. The number of nitrogens with zero attached hydrogens (tertiary/aromatic N) is 4. The highest BCUT2D eigenvalue weighted by Crippen LogP contribution is 2.25. The van der Waals surface area contributed by atoms with Gasteiger partial charge < -0.3 is 10.2 Å². The van der Waals surface area contributed by atoms with Crippen molar-refractivity contribution < 1.29 is 0 Å². The van der Waals surface area contributed by atoms with E-state index < -0.39 is 0 Å². The van der Waals surface area contributed by atoms with Crippen molar-refractivity contribution in [3.05, 3.63) is 65.6 Å². The van der Waals surface area contributed by atoms with Crippen LogP contribution in [-0.2, 0) is 19.6 Å². The molecule has 22 heavy (non-hydrogen) atoms. The molecule has 0 radical (unpaired) electrons. The molecule has 0 amide bonds. The third kappa shape index (κ3) is 2.50. The Balaban J connectivity index is 1.46. The van der Waals surface area contributed by atoms with Crippen molar-refractivity contribution in [2.75, 3.05) is 10.2 Å². The highest BCUT2D eigenvalue weighted by molar-refractivity contribution is 5.47. The molecule has 3 heterocycles. The number of fused-ring (bicyclic) bond motifs is 1. The smallest absolute Gasteiger partial charge is 0.224 e. The minimum absolute atomic E-state index is 0.646. The van der Waals surface area contributed by atoms with Gasteiger partial charge >= 0.3 is 0 Å². The number of aromatic amines is 1. The summed E-state index contributed by atoms with van der Waals surface area (Å²) in [7, 11) is 0. The summed E-state index contributed by atoms with van der Waals surface area (Å²) >= 11 is 0. The van der Waals surface area contributed by atoms with Gasteiger partial charge in [0.15, 0.2) is 0 Å². The van der Waals surface area contributed by atoms with Crippen LogP contribution in [0.4, 0.5) is 11.8 Å². The van der Waals surface area contributed by atoms with Gasteiger partial charge in [-0.15, -0.1) is 0 Å². The second-order valence-corrected chi connectivity index (χ2v) is 5.29. The maximum atomic E-state index is 4.60. The number of hydrogen-bond donors (Lipinski definition) is 2. The molecule has 0 saturated heterocycles. The Morgan fingerprint density at radius 2 is 2.05 bits per heavy atom. The van der Waals surface area contributed by atoms with Crippen molar-refractivity contribution in [1.29, 1.82) is 0 Å². The van der Waals surface area contributed by atoms with E-state index in [0.717, 1.165) is 24.6 Å². The standard InChI is InChI=1S/C16H16N6/c1-2-4-12(5-3-1)8-18-16-17-7-6-15(20-16)22-10-13-9-19-21-14(13)11-22/h1-7,9H,8,10-11H2,(H,19,21)(H,17,18,20). The predicted octanol–water partition coefficient (Wildman–Crippen LogP) is 2.33. The Morgan fingerprint density at radius 1 is 1.14 bits per heavy atom. The first-order valence-electron chi connectivity index (χ1n) is 7.26. The van der Waals surface area contributed by atoms with Crippen molar-refractivity contribution in [2.45, 2.75) is 19.6 Å². The zero-order chi connectivity index (χ0) is 14.8. The fourth-order valence-electron chi connectivity index (χ4n) is 2.61. The zero-order valence-corrected chi connectivity index (χ0v) is 12.0. The summed E-state index contributed by atoms with van der Waals surface area (Å²) in [5.41, 5.74) is 3.53. The van der Waals surface area contributed by atoms with Crippen molar-refractivity contribution in [3.8, 4) is 0 Å². The van der Waals surface area contributed by atoms with E-state index in [9.17, 15) is 0 Å². The lowest BCUT2D eigenvalue weighted by atomic mass is 10.2. The number of aromatic nitrogens is 4. The van der Waals surface area contributed by atoms with Gasteiger partial charge in [-0.3, -0.25) is 5.10 Å². The van der Waals surface area contributed by atoms with Gasteiger partial charge in [0.2, 0.25) is 5.95 Å². The van der Waals surface area contributed by atoms with Gasteiger partial charge in [-0.05, 0) is 11.6 Å². The topological polar surface area (TPSA) is 69.7 Å². The minimum atomic E-state index is 0.646. The van der Waals surface area contributed by atoms with E-state index in [-0.39, 0.29) is 0 Å². The highest BCUT2D eigenvalue weighted by atomic mass is 15.3. The van der Waals surface area contributed by atoms with Crippen LogP contribution in [0.25, 0.3) is 0 Å². The molecule has 0 spiro atoms. The first-order valence-corrected chi connectivity index (χ1v) is 7.26. The van der Waals surface area contributed by atoms with Gasteiger partial charge in [0, 0.05) is 31.0 Å². The largest absolute Gasteiger partial charge is 0.350 e. The van der Waals surface area contributed by atoms with Crippen LogP contribution in [0.2, 0.25) is 0 Å². The number of anilines is 2. The van der Waals surface area contributed by atoms with Crippen LogP contribution >= 0.6 is 0 Å². The average molecular weight is 292 g/mol. The molecule has 110 valence electrons. The zero-order valence-electron chi connectivity index (χ0n) is 12.0. The number of nitrogens with one attached hydrogen (secondary N) is 2. The van der Waals surface area contributed by atoms with Crippen molar-refractivity contribution in [2.24, 2.45) is 0 Å². The van der Waals surface area contributed by atoms with Crippen LogP contribution in [-0.4, -0.2) is 20.2 Å². The molecule has 6 nitrogen and oxygen atoms in total. The molecule has 0 aliphatic carbocycles. The molecule has 3 aromatic rings. The normalized spacial score (nSPS) is 13.2. The second-order valence-electron chi connectivity index (χ2n) is 5.29. The SMILES string of the molecule is c1ccc(CNc2nccc(N3Cc4c[nH]nc4C3)n2)cc1. The minimum Gasteiger partial charge on any atom is -0.350 e. The lowest BCUT2D eigenvalue weighted by Gasteiger charge is -2.17. The van der Waals surface area contributed by atoms with E-state index in [1.165, 1.54) is 11.1 Å². The molecule has 6 heteroatoms. The van der Waals surface area contributed by atoms with E-state index in [1.807, 2.05) is 30.5 Å². The lowest BCUT2D eigenvalue weighted by Crippen LogP contribution is -2.17. The Hall–Kier alpha value is -2.89. The van der Waals surface area contributed by atoms with Crippen molar-refractivity contribution in [3.63, 3.8) is 0 Å². The molecule has 0 fully saturated rings. The third-order valence-corrected chi connectivity index (χ3v) is 3.77. The van der Waals surface area contributed by atoms with Gasteiger partial charge in [0.1, 0.15) is 5.82 Å². The highest BCUT2D eigenvalue weighted by Gasteiger charge is 2.22. The molecule has 0 atom stereocenters. The summed E-state index contributed by atoms with van der Waals surface area (Å²) in [4.78, 5) is 11.1. The van der Waals surface area contributed by atoms with Crippen molar-refractivity contribution >= 4 is 11.8 Å². The van der Waals surface area contributed by atoms with E-state index in [0.29, 0.717) is 12.5 Å². The van der Waals surface area contributed by atoms with Gasteiger partial charge in [-0.1, -0.05) is 30.3 Å². The molecular weight excluding hydrogens is 276 g/mol. The molecule has 1 aliphatic heterocycles. The van der Waals surface area contributed by atoms with Gasteiger partial charge in [-0.2, -0.15) is 10.1 Å². The molecule has 2 aromatic heterocycles. The number of H-pyrrole nitrogens is 1. The van der Waals surface area contributed by atoms with Crippen LogP contribution in [0.3, 0.4) is 0 Å². The van der Waals surface area contributed by atoms with Crippen LogP contribution < -0.4 is 10.2 Å². The average Bonchev–Trinajstić information content (AvgIpc) is 3.16. The second kappa shape index (κ2) is 5.48. The molecular formula is C16H16N6. The van der Waals surface area contributed by atoms with Gasteiger partial charge in [0.25, 0.3) is 0 Å². The summed E-state index contributed by atoms with van der Waals surface area (Å²) < 4.78 is 0. The molecule has 1 aliphatic rings. The molecule has 0 unspecified atom stereocenters. The van der Waals surface area contributed by atoms with Crippen LogP contribution in [0.1, 0.15) is 16.8 Å². The first-order chi connectivity index (χ1) is 10.9. The third-order valence-electron chi connectivity index (χ3n) is 3.77. The molecule has 1 aromatic carbocycles. The fourth-order valence-corrected chi connectivity index (χ4v) is 2.61. The summed E-state index contributed by atoms with van der Waals surface area (Å²) in [5.74, 6) is 1.57. The Kier molecular flexibility index (Phi) is 3.19. The molecule has 4 rings (SSSR count). The number of hydrogen-bond acceptors (Lipinski definition) is 5. The van der Waals surface area contributed by atoms with E-state index in [2.05, 4.69) is 42.5 Å². The monoisotopic (exact) mass is 292 g/mol. The van der Waals surface area contributed by atoms with Gasteiger partial charge in [0.05, 0.1) is 12.2 Å². The molecule has 0 bridgehead atoms. The number of rotatable bonds is 4. The Bertz CT molecular complexity index is 747. The summed E-state index contributed by atoms with van der Waals surface area (Å²) in [6, 6.07) is 12.2. The maximum absolute atomic E-state index is 4.60. The summed E-state index contributed by atoms with van der Waals surface area (Å²) in [6.07, 6.45) is 3.74. The molecule has 0 saturated carbocycles.